The number of anilines is 3. The van der Waals surface area contributed by atoms with E-state index in [-0.39, 0.29) is 11.7 Å². The molecule has 1 atom stereocenters. The van der Waals surface area contributed by atoms with Gasteiger partial charge in [-0.3, -0.25) is 14.5 Å². The van der Waals surface area contributed by atoms with Gasteiger partial charge in [0.2, 0.25) is 5.91 Å². The molecular weight excluding hydrogens is 362 g/mol. The van der Waals surface area contributed by atoms with Gasteiger partial charge < -0.3 is 10.2 Å². The summed E-state index contributed by atoms with van der Waals surface area (Å²) < 4.78 is 0. The molecule has 1 aliphatic heterocycles. The highest BCUT2D eigenvalue weighted by Gasteiger charge is 2.38. The van der Waals surface area contributed by atoms with E-state index in [2.05, 4.69) is 5.32 Å². The topological polar surface area (TPSA) is 52.7 Å². The van der Waals surface area contributed by atoms with E-state index in [1.807, 2.05) is 79.3 Å². The van der Waals surface area contributed by atoms with Gasteiger partial charge in [-0.25, -0.2) is 0 Å². The van der Waals surface area contributed by atoms with Crippen molar-refractivity contribution in [3.05, 3.63) is 65.4 Å². The monoisotopic (exact) mass is 389 g/mol. The lowest BCUT2D eigenvalue weighted by atomic mass is 9.85. The van der Waals surface area contributed by atoms with Gasteiger partial charge in [-0.05, 0) is 42.7 Å². The van der Waals surface area contributed by atoms with E-state index < -0.39 is 6.04 Å². The molecule has 0 saturated heterocycles. The maximum absolute atomic E-state index is 13.2. The third-order valence-electron chi connectivity index (χ3n) is 5.73. The number of fused-ring (bicyclic) bond motifs is 1. The summed E-state index contributed by atoms with van der Waals surface area (Å²) in [5.74, 6) is 0.134. The molecule has 29 heavy (non-hydrogen) atoms. The minimum absolute atomic E-state index is 0.00746. The molecule has 150 valence electrons. The Labute approximate surface area is 172 Å². The van der Waals surface area contributed by atoms with Crippen molar-refractivity contribution in [1.29, 1.82) is 0 Å². The zero-order valence-corrected chi connectivity index (χ0v) is 17.2. The summed E-state index contributed by atoms with van der Waals surface area (Å²) in [6.45, 7) is 1.87. The molecular formula is C24H27N3O2. The molecule has 1 aliphatic carbocycles. The highest BCUT2D eigenvalue weighted by molar-refractivity contribution is 6.06. The smallest absolute Gasteiger partial charge is 0.227 e. The first-order valence-electron chi connectivity index (χ1n) is 10.2. The fourth-order valence-corrected chi connectivity index (χ4v) is 4.25. The molecule has 0 spiro atoms. The van der Waals surface area contributed by atoms with Crippen LogP contribution >= 0.6 is 0 Å². The van der Waals surface area contributed by atoms with Crippen molar-refractivity contribution in [3.8, 4) is 0 Å². The van der Waals surface area contributed by atoms with E-state index in [0.29, 0.717) is 12.8 Å². The Bertz CT molecular complexity index is 976. The molecule has 0 unspecified atom stereocenters. The van der Waals surface area contributed by atoms with Crippen molar-refractivity contribution in [3.63, 3.8) is 0 Å². The van der Waals surface area contributed by atoms with Crippen LogP contribution in [-0.4, -0.2) is 25.8 Å². The van der Waals surface area contributed by atoms with Crippen LogP contribution in [0.15, 0.2) is 59.8 Å². The molecule has 2 aromatic rings. The Morgan fingerprint density at radius 3 is 2.52 bits per heavy atom. The zero-order chi connectivity index (χ0) is 20.5. The molecule has 1 heterocycles. The molecule has 0 radical (unpaired) electrons. The predicted molar refractivity (Wildman–Crippen MR) is 117 cm³/mol. The van der Waals surface area contributed by atoms with E-state index in [4.69, 9.17) is 0 Å². The summed E-state index contributed by atoms with van der Waals surface area (Å²) in [5, 5.41) is 3.49. The van der Waals surface area contributed by atoms with Gasteiger partial charge in [0, 0.05) is 43.9 Å². The minimum atomic E-state index is -0.419. The maximum Gasteiger partial charge on any atom is 0.227 e. The fraction of sp³-hybridized carbons (Fsp3) is 0.333. The Morgan fingerprint density at radius 2 is 1.83 bits per heavy atom. The van der Waals surface area contributed by atoms with E-state index in [0.717, 1.165) is 46.7 Å². The number of allylic oxidation sites excluding steroid dienone is 1. The lowest BCUT2D eigenvalue weighted by Crippen LogP contribution is -2.37. The molecule has 0 fully saturated rings. The van der Waals surface area contributed by atoms with E-state index in [1.165, 1.54) is 0 Å². The number of para-hydroxylation sites is 2. The minimum Gasteiger partial charge on any atom is -0.378 e. The van der Waals surface area contributed by atoms with Gasteiger partial charge in [-0.2, -0.15) is 0 Å². The molecule has 1 amide bonds. The zero-order valence-electron chi connectivity index (χ0n) is 17.2. The van der Waals surface area contributed by atoms with E-state index in [9.17, 15) is 9.59 Å². The normalized spacial score (nSPS) is 18.5. The number of ketones is 1. The first-order valence-corrected chi connectivity index (χ1v) is 10.2. The van der Waals surface area contributed by atoms with E-state index >= 15 is 0 Å². The number of carbonyl (C=O) groups is 2. The maximum atomic E-state index is 13.2. The van der Waals surface area contributed by atoms with Crippen LogP contribution in [0.2, 0.25) is 0 Å². The molecule has 5 heteroatoms. The summed E-state index contributed by atoms with van der Waals surface area (Å²) >= 11 is 0. The largest absolute Gasteiger partial charge is 0.378 e. The number of carbonyl (C=O) groups excluding carboxylic acids is 2. The Kier molecular flexibility index (Phi) is 5.14. The standard InChI is InChI=1S/C24H27N3O2/c1-4-22(29)27-20-10-6-5-8-18(20)25-19-9-7-11-21(28)23(19)24(27)16-12-14-17(15-13-16)26(2)3/h5-6,8,10,12-15,24-25H,4,7,9,11H2,1-3H3/t24-/m0/s1. The number of nitrogens with zero attached hydrogens (tertiary/aromatic N) is 2. The van der Waals surface area contributed by atoms with Gasteiger partial charge >= 0.3 is 0 Å². The van der Waals surface area contributed by atoms with Gasteiger partial charge in [0.25, 0.3) is 0 Å². The van der Waals surface area contributed by atoms with E-state index in [1.54, 1.807) is 0 Å². The molecule has 0 aromatic heterocycles. The Hall–Kier alpha value is -3.08. The van der Waals surface area contributed by atoms with Crippen LogP contribution < -0.4 is 15.1 Å². The van der Waals surface area contributed by atoms with Gasteiger partial charge in [0.05, 0.1) is 17.4 Å². The lowest BCUT2D eigenvalue weighted by Gasteiger charge is -2.34. The number of hydrogen-bond donors (Lipinski definition) is 1. The average molecular weight is 389 g/mol. The summed E-state index contributed by atoms with van der Waals surface area (Å²) in [4.78, 5) is 30.1. The molecule has 0 saturated carbocycles. The quantitative estimate of drug-likeness (QED) is 0.829. The lowest BCUT2D eigenvalue weighted by molar-refractivity contribution is -0.118. The highest BCUT2D eigenvalue weighted by atomic mass is 16.2. The number of hydrogen-bond acceptors (Lipinski definition) is 4. The van der Waals surface area contributed by atoms with Crippen LogP contribution in [0.25, 0.3) is 0 Å². The van der Waals surface area contributed by atoms with Crippen LogP contribution in [-0.2, 0) is 9.59 Å². The third kappa shape index (κ3) is 3.41. The Morgan fingerprint density at radius 1 is 1.10 bits per heavy atom. The van der Waals surface area contributed by atoms with Crippen LogP contribution in [0.4, 0.5) is 17.1 Å². The van der Waals surface area contributed by atoms with Crippen molar-refractivity contribution >= 4 is 28.8 Å². The average Bonchev–Trinajstić information content (AvgIpc) is 2.88. The number of Topliss-reactive ketones (excluding diaryl/α,β-unsaturated/α-hetero) is 1. The number of benzene rings is 2. The SMILES string of the molecule is CCC(=O)N1c2ccccc2NC2=C(C(=O)CCC2)[C@@H]1c1ccc(N(C)C)cc1. The number of nitrogens with one attached hydrogen (secondary N) is 1. The highest BCUT2D eigenvalue weighted by Crippen LogP contribution is 2.45. The van der Waals surface area contributed by atoms with Gasteiger partial charge in [0.1, 0.15) is 0 Å². The second-order valence-corrected chi connectivity index (χ2v) is 7.82. The number of rotatable bonds is 3. The fourth-order valence-electron chi connectivity index (χ4n) is 4.25. The summed E-state index contributed by atoms with van der Waals surface area (Å²) in [6.07, 6.45) is 2.55. The molecule has 5 nitrogen and oxygen atoms in total. The van der Waals surface area contributed by atoms with Crippen molar-refractivity contribution < 1.29 is 9.59 Å². The predicted octanol–water partition coefficient (Wildman–Crippen LogP) is 4.67. The summed E-state index contributed by atoms with van der Waals surface area (Å²) in [5.41, 5.74) is 5.41. The Balaban J connectivity index is 1.95. The first kappa shape index (κ1) is 19.2. The van der Waals surface area contributed by atoms with Gasteiger partial charge in [0.15, 0.2) is 5.78 Å². The second kappa shape index (κ2) is 7.74. The third-order valence-corrected chi connectivity index (χ3v) is 5.73. The molecule has 4 rings (SSSR count). The van der Waals surface area contributed by atoms with Crippen molar-refractivity contribution in [1.82, 2.24) is 0 Å². The molecule has 2 aliphatic rings. The van der Waals surface area contributed by atoms with Crippen LogP contribution in [0.5, 0.6) is 0 Å². The van der Waals surface area contributed by atoms with Gasteiger partial charge in [-0.1, -0.05) is 31.2 Å². The first-order chi connectivity index (χ1) is 14.0. The summed E-state index contributed by atoms with van der Waals surface area (Å²) in [6, 6.07) is 15.6. The van der Waals surface area contributed by atoms with Crippen LogP contribution in [0.3, 0.4) is 0 Å². The van der Waals surface area contributed by atoms with Gasteiger partial charge in [-0.15, -0.1) is 0 Å². The summed E-state index contributed by atoms with van der Waals surface area (Å²) in [7, 11) is 4.00. The molecule has 2 aromatic carbocycles. The van der Waals surface area contributed by atoms with Crippen molar-refractivity contribution in [2.24, 2.45) is 0 Å². The van der Waals surface area contributed by atoms with Crippen LogP contribution in [0, 0.1) is 0 Å². The molecule has 1 N–H and O–H groups in total. The second-order valence-electron chi connectivity index (χ2n) is 7.82. The number of amides is 1. The molecule has 0 bridgehead atoms. The van der Waals surface area contributed by atoms with Crippen molar-refractivity contribution in [2.45, 2.75) is 38.6 Å². The van der Waals surface area contributed by atoms with Crippen LogP contribution in [0.1, 0.15) is 44.2 Å². The van der Waals surface area contributed by atoms with Crippen molar-refractivity contribution in [2.75, 3.05) is 29.2 Å².